The van der Waals surface area contributed by atoms with Crippen LogP contribution in [0.15, 0.2) is 12.1 Å². The number of nitriles is 1. The van der Waals surface area contributed by atoms with E-state index in [0.717, 1.165) is 12.1 Å². The van der Waals surface area contributed by atoms with Crippen molar-refractivity contribution in [3.8, 4) is 11.8 Å². The van der Waals surface area contributed by atoms with E-state index in [4.69, 9.17) is 5.26 Å². The fourth-order valence-corrected chi connectivity index (χ4v) is 1.45. The molecule has 0 unspecified atom stereocenters. The van der Waals surface area contributed by atoms with Crippen LogP contribution in [0.25, 0.3) is 0 Å². The van der Waals surface area contributed by atoms with Crippen molar-refractivity contribution in [2.24, 2.45) is 0 Å². The molecular formula is C9H5BrN2O4. The molecule has 16 heavy (non-hydrogen) atoms. The molecule has 82 valence electrons. The summed E-state index contributed by atoms with van der Waals surface area (Å²) < 4.78 is 0. The summed E-state index contributed by atoms with van der Waals surface area (Å²) in [6, 6.07) is 3.81. The number of ketones is 1. The molecule has 1 rings (SSSR count). The SMILES string of the molecule is N#Cc1ccc([N+](=O)[O-])c(O)c1C(=O)CBr. The summed E-state index contributed by atoms with van der Waals surface area (Å²) in [6.07, 6.45) is 0. The molecule has 0 aliphatic carbocycles. The maximum Gasteiger partial charge on any atom is 0.311 e. The van der Waals surface area contributed by atoms with Gasteiger partial charge in [0.25, 0.3) is 0 Å². The fourth-order valence-electron chi connectivity index (χ4n) is 1.17. The number of rotatable bonds is 3. The molecule has 0 aromatic heterocycles. The molecule has 0 spiro atoms. The van der Waals surface area contributed by atoms with Gasteiger partial charge in [-0.1, -0.05) is 15.9 Å². The van der Waals surface area contributed by atoms with Crippen molar-refractivity contribution in [3.63, 3.8) is 0 Å². The van der Waals surface area contributed by atoms with Crippen molar-refractivity contribution in [2.45, 2.75) is 0 Å². The van der Waals surface area contributed by atoms with Gasteiger partial charge in [0.05, 0.1) is 21.4 Å². The summed E-state index contributed by atoms with van der Waals surface area (Å²) in [5.41, 5.74) is -1.01. The average molecular weight is 285 g/mol. The van der Waals surface area contributed by atoms with Crippen LogP contribution in [-0.2, 0) is 0 Å². The summed E-state index contributed by atoms with van der Waals surface area (Å²) >= 11 is 2.87. The fraction of sp³-hybridized carbons (Fsp3) is 0.111. The van der Waals surface area contributed by atoms with Crippen LogP contribution in [0.1, 0.15) is 15.9 Å². The number of carbonyl (C=O) groups excluding carboxylic acids is 1. The van der Waals surface area contributed by atoms with Crippen molar-refractivity contribution in [3.05, 3.63) is 33.4 Å². The molecule has 0 fully saturated rings. The van der Waals surface area contributed by atoms with Crippen LogP contribution in [0.5, 0.6) is 5.75 Å². The number of nitro groups is 1. The number of benzene rings is 1. The van der Waals surface area contributed by atoms with E-state index in [9.17, 15) is 20.0 Å². The molecule has 0 radical (unpaired) electrons. The van der Waals surface area contributed by atoms with E-state index in [-0.39, 0.29) is 16.5 Å². The second-order valence-electron chi connectivity index (χ2n) is 2.78. The molecule has 0 aliphatic rings. The minimum absolute atomic E-state index is 0.0902. The molecule has 0 amide bonds. The molecule has 7 heteroatoms. The molecule has 0 heterocycles. The molecule has 1 aromatic rings. The molecule has 1 N–H and O–H groups in total. The average Bonchev–Trinajstić information content (AvgIpc) is 2.26. The number of nitrogens with zero attached hydrogens (tertiary/aromatic N) is 2. The maximum absolute atomic E-state index is 11.4. The number of hydrogen-bond donors (Lipinski definition) is 1. The van der Waals surface area contributed by atoms with Crippen molar-refractivity contribution in [1.82, 2.24) is 0 Å². The number of hydrogen-bond acceptors (Lipinski definition) is 5. The van der Waals surface area contributed by atoms with Crippen LogP contribution in [0.4, 0.5) is 5.69 Å². The van der Waals surface area contributed by atoms with Crippen molar-refractivity contribution in [1.29, 1.82) is 5.26 Å². The molecule has 0 bridgehead atoms. The topological polar surface area (TPSA) is 104 Å². The number of nitro benzene ring substituents is 1. The second-order valence-corrected chi connectivity index (χ2v) is 3.34. The second kappa shape index (κ2) is 4.72. The highest BCUT2D eigenvalue weighted by Crippen LogP contribution is 2.32. The first-order valence-electron chi connectivity index (χ1n) is 4.02. The zero-order chi connectivity index (χ0) is 12.3. The van der Waals surface area contributed by atoms with Gasteiger partial charge in [0.15, 0.2) is 5.78 Å². The predicted molar refractivity (Wildman–Crippen MR) is 57.6 cm³/mol. The third kappa shape index (κ3) is 2.01. The summed E-state index contributed by atoms with van der Waals surface area (Å²) in [5, 5.41) is 28.7. The van der Waals surface area contributed by atoms with Gasteiger partial charge in [-0.2, -0.15) is 5.26 Å². The Balaban J connectivity index is 3.54. The van der Waals surface area contributed by atoms with Crippen LogP contribution in [0.2, 0.25) is 0 Å². The molecule has 0 aliphatic heterocycles. The third-order valence-corrected chi connectivity index (χ3v) is 2.38. The minimum atomic E-state index is -0.818. The third-order valence-electron chi connectivity index (χ3n) is 1.87. The number of phenolic OH excluding ortho intramolecular Hbond substituents is 1. The van der Waals surface area contributed by atoms with Crippen LogP contribution >= 0.6 is 15.9 Å². The van der Waals surface area contributed by atoms with Gasteiger partial charge in [0, 0.05) is 6.07 Å². The zero-order valence-electron chi connectivity index (χ0n) is 7.81. The highest BCUT2D eigenvalue weighted by molar-refractivity contribution is 9.09. The first-order valence-corrected chi connectivity index (χ1v) is 5.14. The van der Waals surface area contributed by atoms with E-state index >= 15 is 0 Å². The summed E-state index contributed by atoms with van der Waals surface area (Å²) in [6.45, 7) is 0. The summed E-state index contributed by atoms with van der Waals surface area (Å²) in [4.78, 5) is 21.1. The summed E-state index contributed by atoms with van der Waals surface area (Å²) in [5.74, 6) is -1.36. The standard InChI is InChI=1S/C9H5BrN2O4/c10-3-7(13)8-5(4-11)1-2-6(9(8)14)12(15)16/h1-2,14H,3H2. The lowest BCUT2D eigenvalue weighted by molar-refractivity contribution is -0.385. The van der Waals surface area contributed by atoms with Crippen LogP contribution in [0.3, 0.4) is 0 Å². The normalized spacial score (nSPS) is 9.50. The van der Waals surface area contributed by atoms with Gasteiger partial charge in [-0.15, -0.1) is 0 Å². The van der Waals surface area contributed by atoms with E-state index in [0.29, 0.717) is 0 Å². The van der Waals surface area contributed by atoms with E-state index in [1.165, 1.54) is 0 Å². The Morgan fingerprint density at radius 3 is 2.69 bits per heavy atom. The molecule has 0 saturated heterocycles. The lowest BCUT2D eigenvalue weighted by Crippen LogP contribution is -2.05. The predicted octanol–water partition coefficient (Wildman–Crippen LogP) is 1.75. The van der Waals surface area contributed by atoms with E-state index < -0.39 is 22.1 Å². The number of halogens is 1. The van der Waals surface area contributed by atoms with Crippen LogP contribution in [0, 0.1) is 21.4 Å². The molecular weight excluding hydrogens is 280 g/mol. The smallest absolute Gasteiger partial charge is 0.311 e. The number of Topliss-reactive ketones (excluding diaryl/α,β-unsaturated/α-hetero) is 1. The molecule has 0 atom stereocenters. The number of aromatic hydroxyl groups is 1. The van der Waals surface area contributed by atoms with Gasteiger partial charge in [-0.25, -0.2) is 0 Å². The first kappa shape index (κ1) is 12.1. The van der Waals surface area contributed by atoms with Crippen molar-refractivity contribution in [2.75, 3.05) is 5.33 Å². The zero-order valence-corrected chi connectivity index (χ0v) is 9.39. The lowest BCUT2D eigenvalue weighted by Gasteiger charge is -2.04. The number of phenols is 1. The van der Waals surface area contributed by atoms with Gasteiger partial charge in [-0.3, -0.25) is 14.9 Å². The Hall–Kier alpha value is -1.94. The first-order chi connectivity index (χ1) is 7.52. The molecule has 1 aromatic carbocycles. The van der Waals surface area contributed by atoms with Crippen LogP contribution < -0.4 is 0 Å². The Morgan fingerprint density at radius 2 is 2.25 bits per heavy atom. The van der Waals surface area contributed by atoms with Crippen LogP contribution in [-0.4, -0.2) is 21.1 Å². The molecule has 6 nitrogen and oxygen atoms in total. The minimum Gasteiger partial charge on any atom is -0.502 e. The van der Waals surface area contributed by atoms with Crippen molar-refractivity contribution >= 4 is 27.4 Å². The number of alkyl halides is 1. The van der Waals surface area contributed by atoms with E-state index in [1.807, 2.05) is 0 Å². The monoisotopic (exact) mass is 284 g/mol. The maximum atomic E-state index is 11.4. The molecule has 0 saturated carbocycles. The van der Waals surface area contributed by atoms with Gasteiger partial charge >= 0.3 is 5.69 Å². The highest BCUT2D eigenvalue weighted by Gasteiger charge is 2.24. The highest BCUT2D eigenvalue weighted by atomic mass is 79.9. The van der Waals surface area contributed by atoms with Gasteiger partial charge in [0.1, 0.15) is 6.07 Å². The Bertz CT molecular complexity index is 507. The lowest BCUT2D eigenvalue weighted by atomic mass is 10.0. The van der Waals surface area contributed by atoms with E-state index in [2.05, 4.69) is 15.9 Å². The van der Waals surface area contributed by atoms with Gasteiger partial charge < -0.3 is 5.11 Å². The van der Waals surface area contributed by atoms with Gasteiger partial charge in [-0.05, 0) is 6.07 Å². The van der Waals surface area contributed by atoms with E-state index in [1.54, 1.807) is 6.07 Å². The summed E-state index contributed by atoms with van der Waals surface area (Å²) in [7, 11) is 0. The Labute approximate surface area is 98.4 Å². The quantitative estimate of drug-likeness (QED) is 0.394. The Morgan fingerprint density at radius 1 is 1.62 bits per heavy atom. The number of carbonyl (C=O) groups is 1. The van der Waals surface area contributed by atoms with Crippen molar-refractivity contribution < 1.29 is 14.8 Å². The largest absolute Gasteiger partial charge is 0.502 e. The Kier molecular flexibility index (Phi) is 3.58. The van der Waals surface area contributed by atoms with Gasteiger partial charge in [0.2, 0.25) is 5.75 Å².